The predicted octanol–water partition coefficient (Wildman–Crippen LogP) is 2.84. The Hall–Kier alpha value is -1.76. The number of halogens is 1. The van der Waals surface area contributed by atoms with E-state index >= 15 is 0 Å². The molecule has 1 fully saturated rings. The van der Waals surface area contributed by atoms with E-state index in [-0.39, 0.29) is 28.7 Å². The summed E-state index contributed by atoms with van der Waals surface area (Å²) in [7, 11) is 1.71. The van der Waals surface area contributed by atoms with Gasteiger partial charge in [0.15, 0.2) is 0 Å². The van der Waals surface area contributed by atoms with Crippen LogP contribution in [0.5, 0.6) is 0 Å². The molecule has 1 unspecified atom stereocenters. The maximum absolute atomic E-state index is 13.1. The number of rotatable bonds is 4. The number of carbonyl (C=O) groups is 2. The Morgan fingerprint density at radius 2 is 2.00 bits per heavy atom. The molecule has 1 aromatic carbocycles. The molecule has 0 bridgehead atoms. The van der Waals surface area contributed by atoms with Gasteiger partial charge in [-0.2, -0.15) is 0 Å². The summed E-state index contributed by atoms with van der Waals surface area (Å²) < 4.78 is 13.1. The van der Waals surface area contributed by atoms with Crippen LogP contribution in [-0.2, 0) is 4.79 Å². The monoisotopic (exact) mass is 353 g/mol. The molecular formula is C17H24FN3O2S. The summed E-state index contributed by atoms with van der Waals surface area (Å²) in [6.45, 7) is 6.64. The fraction of sp³-hybridized carbons (Fsp3) is 0.529. The quantitative estimate of drug-likeness (QED) is 0.906. The van der Waals surface area contributed by atoms with Crippen molar-refractivity contribution < 1.29 is 14.0 Å². The van der Waals surface area contributed by atoms with Crippen LogP contribution in [0, 0.1) is 5.82 Å². The smallest absolute Gasteiger partial charge is 0.317 e. The summed E-state index contributed by atoms with van der Waals surface area (Å²) in [4.78, 5) is 27.6. The molecule has 0 spiro atoms. The molecule has 7 heteroatoms. The number of carbonyl (C=O) groups excluding carboxylic acids is 2. The molecule has 5 nitrogen and oxygen atoms in total. The molecule has 1 aromatic rings. The van der Waals surface area contributed by atoms with Crippen LogP contribution < -0.4 is 5.32 Å². The number of benzene rings is 1. The molecule has 24 heavy (non-hydrogen) atoms. The molecule has 0 aliphatic carbocycles. The van der Waals surface area contributed by atoms with Crippen molar-refractivity contribution in [3.05, 3.63) is 35.6 Å². The Morgan fingerprint density at radius 1 is 1.38 bits per heavy atom. The third kappa shape index (κ3) is 4.87. The van der Waals surface area contributed by atoms with Crippen LogP contribution in [0.2, 0.25) is 0 Å². The van der Waals surface area contributed by atoms with Crippen molar-refractivity contribution in [1.29, 1.82) is 0 Å². The Kier molecular flexibility index (Phi) is 5.74. The van der Waals surface area contributed by atoms with Gasteiger partial charge in [0.05, 0.1) is 5.75 Å². The van der Waals surface area contributed by atoms with Crippen molar-refractivity contribution in [2.45, 2.75) is 31.7 Å². The van der Waals surface area contributed by atoms with Crippen molar-refractivity contribution in [3.63, 3.8) is 0 Å². The van der Waals surface area contributed by atoms with Crippen LogP contribution >= 0.6 is 11.8 Å². The first-order valence-electron chi connectivity index (χ1n) is 7.87. The molecule has 2 rings (SSSR count). The van der Waals surface area contributed by atoms with E-state index in [1.54, 1.807) is 29.0 Å². The minimum Gasteiger partial charge on any atom is -0.333 e. The maximum Gasteiger partial charge on any atom is 0.317 e. The lowest BCUT2D eigenvalue weighted by Gasteiger charge is -2.29. The van der Waals surface area contributed by atoms with Crippen LogP contribution in [0.1, 0.15) is 31.7 Å². The zero-order valence-corrected chi connectivity index (χ0v) is 15.3. The van der Waals surface area contributed by atoms with Gasteiger partial charge in [-0.05, 0) is 38.5 Å². The molecule has 0 aromatic heterocycles. The molecular weight excluding hydrogens is 329 g/mol. The molecule has 0 radical (unpaired) electrons. The molecule has 1 saturated heterocycles. The normalized spacial score (nSPS) is 18.0. The highest BCUT2D eigenvalue weighted by molar-refractivity contribution is 8.00. The number of urea groups is 1. The average molecular weight is 353 g/mol. The summed E-state index contributed by atoms with van der Waals surface area (Å²) in [5.74, 6) is 0.150. The third-order valence-corrected chi connectivity index (χ3v) is 4.88. The molecule has 1 heterocycles. The minimum absolute atomic E-state index is 0.0407. The first kappa shape index (κ1) is 18.6. The second kappa shape index (κ2) is 7.42. The van der Waals surface area contributed by atoms with E-state index in [4.69, 9.17) is 0 Å². The molecule has 1 N–H and O–H groups in total. The standard InChI is InChI=1S/C17H24FN3O2S/c1-17(2,3)19-16(23)20(4)9-10-21-14(22)11-24-15(21)12-5-7-13(18)8-6-12/h5-8,15H,9-11H2,1-4H3,(H,19,23). The van der Waals surface area contributed by atoms with Gasteiger partial charge in [-0.1, -0.05) is 12.1 Å². The highest BCUT2D eigenvalue weighted by atomic mass is 32.2. The summed E-state index contributed by atoms with van der Waals surface area (Å²) in [5.41, 5.74) is 0.593. The van der Waals surface area contributed by atoms with Crippen LogP contribution in [0.3, 0.4) is 0 Å². The number of thioether (sulfide) groups is 1. The van der Waals surface area contributed by atoms with Gasteiger partial charge >= 0.3 is 6.03 Å². The van der Waals surface area contributed by atoms with Gasteiger partial charge in [0.1, 0.15) is 11.2 Å². The minimum atomic E-state index is -0.304. The number of hydrogen-bond donors (Lipinski definition) is 1. The number of nitrogens with zero attached hydrogens (tertiary/aromatic N) is 2. The second-order valence-electron chi connectivity index (χ2n) is 6.90. The number of hydrogen-bond acceptors (Lipinski definition) is 3. The SMILES string of the molecule is CN(CCN1C(=O)CSC1c1ccc(F)cc1)C(=O)NC(C)(C)C. The van der Waals surface area contributed by atoms with Gasteiger partial charge in [-0.25, -0.2) is 9.18 Å². The molecule has 3 amide bonds. The predicted molar refractivity (Wildman–Crippen MR) is 94.2 cm³/mol. The lowest BCUT2D eigenvalue weighted by molar-refractivity contribution is -0.128. The Bertz CT molecular complexity index is 601. The van der Waals surface area contributed by atoms with Gasteiger partial charge in [0.25, 0.3) is 0 Å². The highest BCUT2D eigenvalue weighted by Crippen LogP contribution is 2.38. The average Bonchev–Trinajstić information content (AvgIpc) is 2.85. The van der Waals surface area contributed by atoms with Crippen molar-refractivity contribution in [3.8, 4) is 0 Å². The third-order valence-electron chi connectivity index (χ3n) is 3.63. The fourth-order valence-corrected chi connectivity index (χ4v) is 3.59. The molecule has 1 atom stereocenters. The second-order valence-corrected chi connectivity index (χ2v) is 7.97. The molecule has 132 valence electrons. The van der Waals surface area contributed by atoms with Crippen LogP contribution in [0.4, 0.5) is 9.18 Å². The molecule has 1 aliphatic heterocycles. The maximum atomic E-state index is 13.1. The van der Waals surface area contributed by atoms with E-state index in [9.17, 15) is 14.0 Å². The van der Waals surface area contributed by atoms with Gasteiger partial charge < -0.3 is 15.1 Å². The van der Waals surface area contributed by atoms with Crippen molar-refractivity contribution in [1.82, 2.24) is 15.1 Å². The Morgan fingerprint density at radius 3 is 2.58 bits per heavy atom. The first-order chi connectivity index (χ1) is 11.2. The van der Waals surface area contributed by atoms with Crippen molar-refractivity contribution in [2.75, 3.05) is 25.9 Å². The van der Waals surface area contributed by atoms with Gasteiger partial charge in [-0.15, -0.1) is 11.8 Å². The van der Waals surface area contributed by atoms with E-state index in [2.05, 4.69) is 5.32 Å². The van der Waals surface area contributed by atoms with Crippen molar-refractivity contribution in [2.24, 2.45) is 0 Å². The van der Waals surface area contributed by atoms with Crippen LogP contribution in [-0.4, -0.2) is 53.2 Å². The first-order valence-corrected chi connectivity index (χ1v) is 8.92. The number of nitrogens with one attached hydrogen (secondary N) is 1. The summed E-state index contributed by atoms with van der Waals surface area (Å²) in [6, 6.07) is 6.04. The van der Waals surface area contributed by atoms with E-state index in [0.29, 0.717) is 18.8 Å². The van der Waals surface area contributed by atoms with E-state index in [0.717, 1.165) is 5.56 Å². The van der Waals surface area contributed by atoms with Gasteiger partial charge in [0.2, 0.25) is 5.91 Å². The highest BCUT2D eigenvalue weighted by Gasteiger charge is 2.33. The summed E-state index contributed by atoms with van der Waals surface area (Å²) >= 11 is 1.52. The molecule has 0 saturated carbocycles. The number of amides is 3. The van der Waals surface area contributed by atoms with E-state index in [1.807, 2.05) is 20.8 Å². The lowest BCUT2D eigenvalue weighted by atomic mass is 10.1. The van der Waals surface area contributed by atoms with Gasteiger partial charge in [0, 0.05) is 25.7 Å². The van der Waals surface area contributed by atoms with Crippen LogP contribution in [0.15, 0.2) is 24.3 Å². The Labute approximate surface area is 146 Å². The summed E-state index contributed by atoms with van der Waals surface area (Å²) in [6.07, 6.45) is 0. The summed E-state index contributed by atoms with van der Waals surface area (Å²) in [5, 5.41) is 2.76. The topological polar surface area (TPSA) is 52.7 Å². The molecule has 1 aliphatic rings. The number of likely N-dealkylation sites (N-methyl/N-ethyl adjacent to an activating group) is 1. The van der Waals surface area contributed by atoms with Gasteiger partial charge in [-0.3, -0.25) is 4.79 Å². The Balaban J connectivity index is 1.97. The van der Waals surface area contributed by atoms with Crippen molar-refractivity contribution >= 4 is 23.7 Å². The zero-order chi connectivity index (χ0) is 17.9. The zero-order valence-electron chi connectivity index (χ0n) is 14.5. The van der Waals surface area contributed by atoms with E-state index in [1.165, 1.54) is 23.9 Å². The van der Waals surface area contributed by atoms with E-state index < -0.39 is 0 Å². The lowest BCUT2D eigenvalue weighted by Crippen LogP contribution is -2.49. The fourth-order valence-electron chi connectivity index (χ4n) is 2.37. The van der Waals surface area contributed by atoms with Crippen LogP contribution in [0.25, 0.3) is 0 Å². The largest absolute Gasteiger partial charge is 0.333 e.